The normalized spacial score (nSPS) is 15.3. The summed E-state index contributed by atoms with van der Waals surface area (Å²) < 4.78 is 5.01. The number of rotatable bonds is 5. The number of hydrogen-bond donors (Lipinski definition) is 0. The molecule has 0 N–H and O–H groups in total. The highest BCUT2D eigenvalue weighted by Gasteiger charge is 2.31. The van der Waals surface area contributed by atoms with Crippen LogP contribution < -0.4 is 0 Å². The number of aromatic nitrogens is 3. The molecule has 11 aromatic rings. The Morgan fingerprint density at radius 3 is 1.77 bits per heavy atom. The van der Waals surface area contributed by atoms with Gasteiger partial charge < -0.3 is 0 Å². The maximum Gasteiger partial charge on any atom is 0.165 e. The number of hydrogen-bond acceptors (Lipinski definition) is 5. The van der Waals surface area contributed by atoms with Crippen molar-refractivity contribution in [2.24, 2.45) is 0 Å². The quantitative estimate of drug-likeness (QED) is 0.173. The van der Waals surface area contributed by atoms with E-state index in [4.69, 9.17) is 15.0 Å². The number of allylic oxidation sites excluding steroid dienone is 4. The van der Waals surface area contributed by atoms with Gasteiger partial charge in [0.15, 0.2) is 17.5 Å². The highest BCUT2D eigenvalue weighted by Crippen LogP contribution is 2.51. The first-order valence-corrected chi connectivity index (χ1v) is 22.7. The van der Waals surface area contributed by atoms with Crippen LogP contribution >= 0.6 is 22.7 Å². The second-order valence-electron chi connectivity index (χ2n) is 16.2. The monoisotopic (exact) mass is 825 g/mol. The van der Waals surface area contributed by atoms with Crippen LogP contribution in [0.1, 0.15) is 23.0 Å². The smallest absolute Gasteiger partial charge is 0.165 e. The van der Waals surface area contributed by atoms with E-state index in [0.29, 0.717) is 29.3 Å². The average molecular weight is 826 g/mol. The Labute approximate surface area is 366 Å². The largest absolute Gasteiger partial charge is 0.208 e. The van der Waals surface area contributed by atoms with Crippen molar-refractivity contribution in [1.82, 2.24) is 15.0 Å². The van der Waals surface area contributed by atoms with Crippen LogP contribution in [0, 0.1) is 0 Å². The van der Waals surface area contributed by atoms with Crippen molar-refractivity contribution in [3.8, 4) is 67.5 Å². The second kappa shape index (κ2) is 14.1. The summed E-state index contributed by atoms with van der Waals surface area (Å²) in [5.41, 5.74) is 13.3. The molecule has 0 fully saturated rings. The third-order valence-electron chi connectivity index (χ3n) is 12.8. The van der Waals surface area contributed by atoms with Gasteiger partial charge in [-0.3, -0.25) is 0 Å². The molecule has 13 rings (SSSR count). The van der Waals surface area contributed by atoms with E-state index in [1.54, 1.807) is 11.3 Å². The molecule has 290 valence electrons. The summed E-state index contributed by atoms with van der Waals surface area (Å²) in [6.45, 7) is 0. The molecular weight excluding hydrogens is 791 g/mol. The first kappa shape index (κ1) is 35.4. The minimum absolute atomic E-state index is 0.358. The van der Waals surface area contributed by atoms with Crippen LogP contribution in [-0.4, -0.2) is 15.0 Å². The van der Waals surface area contributed by atoms with Gasteiger partial charge in [0.2, 0.25) is 0 Å². The summed E-state index contributed by atoms with van der Waals surface area (Å²) in [4.78, 5) is 15.4. The molecule has 3 aromatic heterocycles. The molecule has 0 radical (unpaired) electrons. The lowest BCUT2D eigenvalue weighted by molar-refractivity contribution is 0.720. The van der Waals surface area contributed by atoms with Crippen LogP contribution in [0.2, 0.25) is 0 Å². The molecule has 2 aliphatic rings. The lowest BCUT2D eigenvalue weighted by atomic mass is 9.69. The predicted octanol–water partition coefficient (Wildman–Crippen LogP) is 15.9. The molecule has 62 heavy (non-hydrogen) atoms. The number of thiophene rings is 2. The Balaban J connectivity index is 0.901. The van der Waals surface area contributed by atoms with Crippen LogP contribution in [0.25, 0.3) is 108 Å². The van der Waals surface area contributed by atoms with E-state index in [1.807, 2.05) is 29.5 Å². The summed E-state index contributed by atoms with van der Waals surface area (Å²) in [6, 6.07) is 63.8. The SMILES string of the molecule is C1=CC2c3ccccc3-c3cc(-c4ccc5sc6cccc(-c7ccc(-c8nc(-c9ccccc9)nc(-c9cccc%10c9sc9ccccc9%10)n8)cc7)c6c5c4)ccc3C2C=C1. The standard InChI is InChI=1S/C57H35N3S2/c1-2-12-35(13-3-1)55-58-56(60-57(59-55)47-21-10-20-46-45-18-8-9-22-50(45)62-54(46)47)36-26-24-34(25-27-36)39-19-11-23-52-53(39)49-33-38(29-31-51(49)61-52)37-28-30-44-42-16-5-4-14-40(42)41-15-6-7-17-43(41)48(44)32-37/h1-33,40,42H. The van der Waals surface area contributed by atoms with Crippen molar-refractivity contribution in [2.45, 2.75) is 11.8 Å². The molecule has 0 aliphatic heterocycles. The fraction of sp³-hybridized carbons (Fsp3) is 0.0351. The topological polar surface area (TPSA) is 38.7 Å². The van der Waals surface area contributed by atoms with Gasteiger partial charge in [-0.05, 0) is 80.9 Å². The van der Waals surface area contributed by atoms with E-state index in [2.05, 4.69) is 182 Å². The fourth-order valence-electron chi connectivity index (χ4n) is 9.80. The van der Waals surface area contributed by atoms with Gasteiger partial charge in [-0.2, -0.15) is 0 Å². The van der Waals surface area contributed by atoms with Crippen LogP contribution in [0.5, 0.6) is 0 Å². The summed E-state index contributed by atoms with van der Waals surface area (Å²) in [6.07, 6.45) is 9.13. The van der Waals surface area contributed by atoms with E-state index < -0.39 is 0 Å². The first-order chi connectivity index (χ1) is 30.7. The molecule has 0 bridgehead atoms. The van der Waals surface area contributed by atoms with Gasteiger partial charge >= 0.3 is 0 Å². The van der Waals surface area contributed by atoms with Gasteiger partial charge in [-0.25, -0.2) is 15.0 Å². The van der Waals surface area contributed by atoms with Crippen molar-refractivity contribution in [3.63, 3.8) is 0 Å². The second-order valence-corrected chi connectivity index (χ2v) is 18.4. The average Bonchev–Trinajstić information content (AvgIpc) is 3.93. The molecule has 0 amide bonds. The molecular formula is C57H35N3S2. The zero-order chi connectivity index (χ0) is 40.7. The molecule has 3 nitrogen and oxygen atoms in total. The molecule has 2 atom stereocenters. The molecule has 0 saturated heterocycles. The Kier molecular flexibility index (Phi) is 8.08. The molecule has 5 heteroatoms. The zero-order valence-corrected chi connectivity index (χ0v) is 35.0. The molecule has 2 unspecified atom stereocenters. The number of fused-ring (bicyclic) bond motifs is 12. The van der Waals surface area contributed by atoms with Crippen molar-refractivity contribution in [3.05, 3.63) is 211 Å². The van der Waals surface area contributed by atoms with Gasteiger partial charge in [0.05, 0.1) is 0 Å². The van der Waals surface area contributed by atoms with Crippen molar-refractivity contribution < 1.29 is 0 Å². The van der Waals surface area contributed by atoms with Gasteiger partial charge in [0.1, 0.15) is 0 Å². The Hall–Kier alpha value is -7.31. The van der Waals surface area contributed by atoms with Crippen LogP contribution in [0.3, 0.4) is 0 Å². The fourth-order valence-corrected chi connectivity index (χ4v) is 12.1. The third-order valence-corrected chi connectivity index (χ3v) is 15.1. The molecule has 8 aromatic carbocycles. The molecule has 0 spiro atoms. The first-order valence-electron chi connectivity index (χ1n) is 21.1. The Morgan fingerprint density at radius 1 is 0.339 bits per heavy atom. The van der Waals surface area contributed by atoms with Crippen LogP contribution in [0.15, 0.2) is 200 Å². The lowest BCUT2D eigenvalue weighted by Crippen LogP contribution is -2.16. The maximum atomic E-state index is 5.18. The predicted molar refractivity (Wildman–Crippen MR) is 262 cm³/mol. The van der Waals surface area contributed by atoms with Crippen LogP contribution in [0.4, 0.5) is 0 Å². The highest BCUT2D eigenvalue weighted by atomic mass is 32.1. The highest BCUT2D eigenvalue weighted by molar-refractivity contribution is 7.26. The Morgan fingerprint density at radius 2 is 0.919 bits per heavy atom. The van der Waals surface area contributed by atoms with E-state index in [1.165, 1.54) is 79.3 Å². The number of nitrogens with zero attached hydrogens (tertiary/aromatic N) is 3. The number of benzene rings is 8. The van der Waals surface area contributed by atoms with Crippen LogP contribution in [-0.2, 0) is 0 Å². The van der Waals surface area contributed by atoms with Gasteiger partial charge in [-0.1, -0.05) is 164 Å². The summed E-state index contributed by atoms with van der Waals surface area (Å²) in [5, 5.41) is 5.05. The lowest BCUT2D eigenvalue weighted by Gasteiger charge is -2.34. The molecule has 3 heterocycles. The molecule has 2 aliphatic carbocycles. The van der Waals surface area contributed by atoms with Gasteiger partial charge in [0.25, 0.3) is 0 Å². The Bertz CT molecular complexity index is 3650. The van der Waals surface area contributed by atoms with E-state index >= 15 is 0 Å². The summed E-state index contributed by atoms with van der Waals surface area (Å²) in [7, 11) is 0. The van der Waals surface area contributed by atoms with Crippen molar-refractivity contribution in [1.29, 1.82) is 0 Å². The third kappa shape index (κ3) is 5.66. The van der Waals surface area contributed by atoms with E-state index in [-0.39, 0.29) is 0 Å². The van der Waals surface area contributed by atoms with Gasteiger partial charge in [-0.15, -0.1) is 22.7 Å². The maximum absolute atomic E-state index is 5.18. The van der Waals surface area contributed by atoms with Gasteiger partial charge in [0, 0.05) is 68.9 Å². The summed E-state index contributed by atoms with van der Waals surface area (Å²) in [5.74, 6) is 2.73. The molecule has 0 saturated carbocycles. The van der Waals surface area contributed by atoms with E-state index in [0.717, 1.165) is 22.3 Å². The van der Waals surface area contributed by atoms with Crippen molar-refractivity contribution >= 4 is 63.0 Å². The minimum atomic E-state index is 0.358. The minimum Gasteiger partial charge on any atom is -0.208 e. The zero-order valence-electron chi connectivity index (χ0n) is 33.4. The summed E-state index contributed by atoms with van der Waals surface area (Å²) >= 11 is 3.65. The van der Waals surface area contributed by atoms with Crippen molar-refractivity contribution in [2.75, 3.05) is 0 Å². The van der Waals surface area contributed by atoms with E-state index in [9.17, 15) is 0 Å².